The van der Waals surface area contributed by atoms with Gasteiger partial charge in [-0.25, -0.2) is 9.78 Å². The Labute approximate surface area is 147 Å². The highest BCUT2D eigenvalue weighted by Gasteiger charge is 2.47. The number of ether oxygens (including phenoxy) is 1. The second-order valence-corrected chi connectivity index (χ2v) is 7.31. The molecule has 4 heterocycles. The van der Waals surface area contributed by atoms with E-state index in [-0.39, 0.29) is 12.0 Å². The molecule has 0 saturated carbocycles. The molecule has 3 aliphatic rings. The molecule has 1 aromatic heterocycles. The summed E-state index contributed by atoms with van der Waals surface area (Å²) in [5.41, 5.74) is 0.161. The van der Waals surface area contributed by atoms with E-state index in [9.17, 15) is 9.59 Å². The molecule has 0 aromatic carbocycles. The maximum atomic E-state index is 12.9. The molecule has 1 aromatic rings. The first-order valence-electron chi connectivity index (χ1n) is 9.01. The summed E-state index contributed by atoms with van der Waals surface area (Å²) in [5.74, 6) is 0.768. The third kappa shape index (κ3) is 2.92. The van der Waals surface area contributed by atoms with Crippen molar-refractivity contribution in [2.24, 2.45) is 0 Å². The lowest BCUT2D eigenvalue weighted by Crippen LogP contribution is -2.51. The summed E-state index contributed by atoms with van der Waals surface area (Å²) in [6.45, 7) is 3.63. The van der Waals surface area contributed by atoms with Crippen molar-refractivity contribution in [1.82, 2.24) is 14.8 Å². The van der Waals surface area contributed by atoms with Crippen LogP contribution in [0.3, 0.4) is 0 Å². The highest BCUT2D eigenvalue weighted by molar-refractivity contribution is 5.99. The molecule has 1 spiro atoms. The summed E-state index contributed by atoms with van der Waals surface area (Å²) in [6.07, 6.45) is 5.35. The molecule has 7 heteroatoms. The van der Waals surface area contributed by atoms with Gasteiger partial charge in [0.25, 0.3) is 5.91 Å². The van der Waals surface area contributed by atoms with Gasteiger partial charge in [-0.2, -0.15) is 0 Å². The number of aromatic nitrogens is 1. The quantitative estimate of drug-likeness (QED) is 0.818. The Bertz CT molecular complexity index is 689. The van der Waals surface area contributed by atoms with Crippen LogP contribution in [0.15, 0.2) is 18.3 Å². The normalized spacial score (nSPS) is 26.4. The van der Waals surface area contributed by atoms with Crippen molar-refractivity contribution < 1.29 is 14.3 Å². The fourth-order valence-corrected chi connectivity index (χ4v) is 4.19. The van der Waals surface area contributed by atoms with Gasteiger partial charge in [0.2, 0.25) is 0 Å². The van der Waals surface area contributed by atoms with E-state index in [0.717, 1.165) is 45.3 Å². The topological polar surface area (TPSA) is 66.0 Å². The van der Waals surface area contributed by atoms with Gasteiger partial charge in [0.15, 0.2) is 0 Å². The number of hydrogen-bond acceptors (Lipinski definition) is 5. The first-order valence-corrected chi connectivity index (χ1v) is 9.01. The summed E-state index contributed by atoms with van der Waals surface area (Å²) in [7, 11) is 1.76. The minimum absolute atomic E-state index is 0.0563. The van der Waals surface area contributed by atoms with Crippen LogP contribution in [0.4, 0.5) is 10.6 Å². The van der Waals surface area contributed by atoms with Crippen LogP contribution in [0, 0.1) is 0 Å². The Balaban J connectivity index is 1.59. The molecule has 3 fully saturated rings. The van der Waals surface area contributed by atoms with Crippen LogP contribution in [-0.4, -0.2) is 72.2 Å². The van der Waals surface area contributed by atoms with E-state index in [1.165, 1.54) is 0 Å². The Kier molecular flexibility index (Phi) is 4.01. The van der Waals surface area contributed by atoms with Crippen molar-refractivity contribution in [3.63, 3.8) is 0 Å². The maximum absolute atomic E-state index is 12.9. The molecule has 0 aliphatic carbocycles. The van der Waals surface area contributed by atoms with Gasteiger partial charge >= 0.3 is 6.09 Å². The first-order chi connectivity index (χ1) is 12.1. The summed E-state index contributed by atoms with van der Waals surface area (Å²) < 4.78 is 5.68. The van der Waals surface area contributed by atoms with Crippen LogP contribution in [0.1, 0.15) is 36.0 Å². The summed E-state index contributed by atoms with van der Waals surface area (Å²) >= 11 is 0. The fourth-order valence-electron chi connectivity index (χ4n) is 4.19. The average Bonchev–Trinajstić information content (AvgIpc) is 3.23. The number of nitrogens with zero attached hydrogens (tertiary/aromatic N) is 4. The van der Waals surface area contributed by atoms with E-state index in [1.54, 1.807) is 18.1 Å². The number of piperidine rings is 1. The Hall–Kier alpha value is -2.31. The zero-order chi connectivity index (χ0) is 17.4. The molecule has 1 atom stereocenters. The first kappa shape index (κ1) is 16.2. The standard InChI is InChI=1S/C18H24N4O3/c1-20-12-18(25-17(20)24)7-5-11-22(13-18)15-14(6-4-8-19-15)16(23)21-9-2-3-10-21/h4,6,8H,2-3,5,7,9-13H2,1H3. The number of anilines is 1. The molecule has 4 rings (SSSR count). The Morgan fingerprint density at radius 1 is 1.20 bits per heavy atom. The molecule has 3 saturated heterocycles. The van der Waals surface area contributed by atoms with Crippen molar-refractivity contribution in [2.45, 2.75) is 31.3 Å². The molecule has 0 bridgehead atoms. The number of carbonyl (C=O) groups excluding carboxylic acids is 2. The van der Waals surface area contributed by atoms with Gasteiger partial charge in [-0.3, -0.25) is 4.79 Å². The lowest BCUT2D eigenvalue weighted by Gasteiger charge is -2.39. The van der Waals surface area contributed by atoms with Crippen LogP contribution >= 0.6 is 0 Å². The average molecular weight is 344 g/mol. The number of pyridine rings is 1. The molecule has 3 aliphatic heterocycles. The van der Waals surface area contributed by atoms with E-state index in [4.69, 9.17) is 4.74 Å². The monoisotopic (exact) mass is 344 g/mol. The third-order valence-corrected chi connectivity index (χ3v) is 5.39. The van der Waals surface area contributed by atoms with Crippen molar-refractivity contribution in [3.05, 3.63) is 23.9 Å². The van der Waals surface area contributed by atoms with Gasteiger partial charge in [0.05, 0.1) is 18.7 Å². The molecular formula is C18H24N4O3. The number of carbonyl (C=O) groups is 2. The van der Waals surface area contributed by atoms with Crippen LogP contribution in [0.5, 0.6) is 0 Å². The predicted molar refractivity (Wildman–Crippen MR) is 92.7 cm³/mol. The SMILES string of the molecule is CN1CC2(CCCN(c3ncccc3C(=O)N3CCCC3)C2)OC1=O. The van der Waals surface area contributed by atoms with Crippen molar-refractivity contribution in [2.75, 3.05) is 44.7 Å². The molecule has 2 amide bonds. The van der Waals surface area contributed by atoms with Gasteiger partial charge in [0, 0.05) is 32.9 Å². The van der Waals surface area contributed by atoms with Gasteiger partial charge in [-0.1, -0.05) is 0 Å². The molecule has 0 radical (unpaired) electrons. The number of likely N-dealkylation sites (N-methyl/N-ethyl adjacent to an activating group) is 1. The van der Waals surface area contributed by atoms with E-state index >= 15 is 0 Å². The predicted octanol–water partition coefficient (Wildman–Crippen LogP) is 1.74. The molecular weight excluding hydrogens is 320 g/mol. The molecule has 25 heavy (non-hydrogen) atoms. The fraction of sp³-hybridized carbons (Fsp3) is 0.611. The van der Waals surface area contributed by atoms with Crippen LogP contribution in [-0.2, 0) is 4.74 Å². The van der Waals surface area contributed by atoms with E-state index in [1.807, 2.05) is 17.0 Å². The summed E-state index contributed by atoms with van der Waals surface area (Å²) in [6, 6.07) is 3.67. The van der Waals surface area contributed by atoms with Crippen molar-refractivity contribution >= 4 is 17.8 Å². The van der Waals surface area contributed by atoms with E-state index in [2.05, 4.69) is 9.88 Å². The smallest absolute Gasteiger partial charge is 0.410 e. The van der Waals surface area contributed by atoms with Gasteiger partial charge < -0.3 is 19.4 Å². The second-order valence-electron chi connectivity index (χ2n) is 7.31. The minimum Gasteiger partial charge on any atom is -0.439 e. The number of likely N-dealkylation sites (tertiary alicyclic amines) is 1. The molecule has 1 unspecified atom stereocenters. The second kappa shape index (κ2) is 6.20. The third-order valence-electron chi connectivity index (χ3n) is 5.39. The Morgan fingerprint density at radius 2 is 2.00 bits per heavy atom. The van der Waals surface area contributed by atoms with Gasteiger partial charge in [-0.15, -0.1) is 0 Å². The van der Waals surface area contributed by atoms with Gasteiger partial charge in [0.1, 0.15) is 11.4 Å². The number of rotatable bonds is 2. The van der Waals surface area contributed by atoms with Crippen LogP contribution in [0.2, 0.25) is 0 Å². The zero-order valence-corrected chi connectivity index (χ0v) is 14.6. The summed E-state index contributed by atoms with van der Waals surface area (Å²) in [4.78, 5) is 34.9. The van der Waals surface area contributed by atoms with Crippen molar-refractivity contribution in [1.29, 1.82) is 0 Å². The zero-order valence-electron chi connectivity index (χ0n) is 14.6. The molecule has 134 valence electrons. The summed E-state index contributed by atoms with van der Waals surface area (Å²) in [5, 5.41) is 0. The maximum Gasteiger partial charge on any atom is 0.410 e. The van der Waals surface area contributed by atoms with Crippen LogP contribution in [0.25, 0.3) is 0 Å². The minimum atomic E-state index is -0.491. The lowest BCUT2D eigenvalue weighted by molar-refractivity contribution is 0.0443. The van der Waals surface area contributed by atoms with Crippen LogP contribution < -0.4 is 4.90 Å². The number of amides is 2. The van der Waals surface area contributed by atoms with Gasteiger partial charge in [-0.05, 0) is 37.8 Å². The van der Waals surface area contributed by atoms with Crippen molar-refractivity contribution in [3.8, 4) is 0 Å². The highest BCUT2D eigenvalue weighted by atomic mass is 16.6. The van der Waals surface area contributed by atoms with E-state index < -0.39 is 5.60 Å². The highest BCUT2D eigenvalue weighted by Crippen LogP contribution is 2.34. The largest absolute Gasteiger partial charge is 0.439 e. The Morgan fingerprint density at radius 3 is 2.72 bits per heavy atom. The lowest BCUT2D eigenvalue weighted by atomic mass is 9.92. The number of hydrogen-bond donors (Lipinski definition) is 0. The van der Waals surface area contributed by atoms with E-state index in [0.29, 0.717) is 24.5 Å². The molecule has 0 N–H and O–H groups in total. The molecule has 7 nitrogen and oxygen atoms in total.